The van der Waals surface area contributed by atoms with Gasteiger partial charge in [0, 0.05) is 24.2 Å². The van der Waals surface area contributed by atoms with Crippen molar-refractivity contribution in [2.24, 2.45) is 5.73 Å². The zero-order chi connectivity index (χ0) is 11.4. The molecule has 3 N–H and O–H groups in total. The summed E-state index contributed by atoms with van der Waals surface area (Å²) in [5, 5.41) is 9.91. The van der Waals surface area contributed by atoms with E-state index in [1.807, 2.05) is 30.3 Å². The SMILES string of the molecule is N[C@H](CCCO)c1cccc2cccnc12. The highest BCUT2D eigenvalue weighted by Gasteiger charge is 2.09. The van der Waals surface area contributed by atoms with Gasteiger partial charge in [-0.1, -0.05) is 24.3 Å². The minimum absolute atomic E-state index is 0.0502. The standard InChI is InChI=1S/C13H16N2O/c14-12(7-3-9-16)11-6-1-4-10-5-2-8-15-13(10)11/h1-2,4-6,8,12,16H,3,7,9,14H2/t12-/m1/s1. The van der Waals surface area contributed by atoms with Gasteiger partial charge in [-0.2, -0.15) is 0 Å². The summed E-state index contributed by atoms with van der Waals surface area (Å²) < 4.78 is 0. The van der Waals surface area contributed by atoms with E-state index in [0.717, 1.165) is 29.3 Å². The minimum Gasteiger partial charge on any atom is -0.396 e. The summed E-state index contributed by atoms with van der Waals surface area (Å²) >= 11 is 0. The van der Waals surface area contributed by atoms with Crippen molar-refractivity contribution in [1.29, 1.82) is 0 Å². The molecule has 0 saturated heterocycles. The number of pyridine rings is 1. The molecule has 16 heavy (non-hydrogen) atoms. The van der Waals surface area contributed by atoms with Crippen molar-refractivity contribution in [3.63, 3.8) is 0 Å². The van der Waals surface area contributed by atoms with Gasteiger partial charge in [-0.05, 0) is 24.5 Å². The van der Waals surface area contributed by atoms with Crippen LogP contribution in [0.3, 0.4) is 0 Å². The van der Waals surface area contributed by atoms with Crippen LogP contribution < -0.4 is 5.73 Å². The van der Waals surface area contributed by atoms with Crippen LogP contribution in [0.1, 0.15) is 24.4 Å². The Morgan fingerprint density at radius 3 is 2.88 bits per heavy atom. The Bertz CT molecular complexity index is 465. The molecule has 0 bridgehead atoms. The molecule has 0 radical (unpaired) electrons. The number of nitrogens with two attached hydrogens (primary N) is 1. The predicted molar refractivity (Wildman–Crippen MR) is 65.0 cm³/mol. The molecular formula is C13H16N2O. The number of aliphatic hydroxyl groups excluding tert-OH is 1. The summed E-state index contributed by atoms with van der Waals surface area (Å²) in [6.45, 7) is 0.186. The highest BCUT2D eigenvalue weighted by atomic mass is 16.2. The quantitative estimate of drug-likeness (QED) is 0.821. The van der Waals surface area contributed by atoms with Crippen LogP contribution in [0.5, 0.6) is 0 Å². The zero-order valence-electron chi connectivity index (χ0n) is 9.13. The first-order valence-corrected chi connectivity index (χ1v) is 5.53. The average Bonchev–Trinajstić information content (AvgIpc) is 2.35. The van der Waals surface area contributed by atoms with Crippen LogP contribution in [-0.4, -0.2) is 16.7 Å². The number of fused-ring (bicyclic) bond motifs is 1. The molecule has 2 aromatic rings. The molecule has 1 atom stereocenters. The number of benzene rings is 1. The van der Waals surface area contributed by atoms with E-state index in [9.17, 15) is 0 Å². The van der Waals surface area contributed by atoms with Crippen molar-refractivity contribution < 1.29 is 5.11 Å². The fourth-order valence-corrected chi connectivity index (χ4v) is 1.89. The number of para-hydroxylation sites is 1. The smallest absolute Gasteiger partial charge is 0.0749 e. The second kappa shape index (κ2) is 5.05. The van der Waals surface area contributed by atoms with Crippen LogP contribution in [0.4, 0.5) is 0 Å². The van der Waals surface area contributed by atoms with E-state index in [0.29, 0.717) is 0 Å². The van der Waals surface area contributed by atoms with Gasteiger partial charge in [-0.15, -0.1) is 0 Å². The molecule has 1 aromatic heterocycles. The van der Waals surface area contributed by atoms with Crippen molar-refractivity contribution in [1.82, 2.24) is 4.98 Å². The maximum atomic E-state index is 8.80. The van der Waals surface area contributed by atoms with Gasteiger partial charge in [0.1, 0.15) is 0 Å². The lowest BCUT2D eigenvalue weighted by Crippen LogP contribution is -2.11. The van der Waals surface area contributed by atoms with Crippen LogP contribution in [0, 0.1) is 0 Å². The molecule has 0 amide bonds. The Morgan fingerprint density at radius 2 is 2.06 bits per heavy atom. The normalized spacial score (nSPS) is 12.9. The Hall–Kier alpha value is -1.45. The summed E-state index contributed by atoms with van der Waals surface area (Å²) in [5.41, 5.74) is 8.13. The number of nitrogens with zero attached hydrogens (tertiary/aromatic N) is 1. The average molecular weight is 216 g/mol. The minimum atomic E-state index is -0.0502. The fraction of sp³-hybridized carbons (Fsp3) is 0.308. The lowest BCUT2D eigenvalue weighted by atomic mass is 10.00. The third kappa shape index (κ3) is 2.21. The first-order chi connectivity index (χ1) is 7.83. The van der Waals surface area contributed by atoms with Gasteiger partial charge in [-0.3, -0.25) is 4.98 Å². The van der Waals surface area contributed by atoms with Crippen LogP contribution in [0.2, 0.25) is 0 Å². The van der Waals surface area contributed by atoms with E-state index in [2.05, 4.69) is 4.98 Å². The first kappa shape index (κ1) is 11.0. The molecule has 0 aliphatic heterocycles. The molecular weight excluding hydrogens is 200 g/mol. The monoisotopic (exact) mass is 216 g/mol. The molecule has 3 nitrogen and oxygen atoms in total. The second-order valence-corrected chi connectivity index (χ2v) is 3.89. The fourth-order valence-electron chi connectivity index (χ4n) is 1.89. The van der Waals surface area contributed by atoms with Crippen molar-refractivity contribution in [2.45, 2.75) is 18.9 Å². The lowest BCUT2D eigenvalue weighted by Gasteiger charge is -2.13. The summed E-state index contributed by atoms with van der Waals surface area (Å²) in [4.78, 5) is 4.37. The number of hydrogen-bond donors (Lipinski definition) is 2. The van der Waals surface area contributed by atoms with E-state index >= 15 is 0 Å². The largest absolute Gasteiger partial charge is 0.396 e. The first-order valence-electron chi connectivity index (χ1n) is 5.53. The van der Waals surface area contributed by atoms with Gasteiger partial charge < -0.3 is 10.8 Å². The Labute approximate surface area is 94.9 Å². The Morgan fingerprint density at radius 1 is 1.25 bits per heavy atom. The molecule has 2 rings (SSSR count). The highest BCUT2D eigenvalue weighted by molar-refractivity contribution is 5.81. The molecule has 0 fully saturated rings. The van der Waals surface area contributed by atoms with Crippen molar-refractivity contribution >= 4 is 10.9 Å². The van der Waals surface area contributed by atoms with Gasteiger partial charge in [0.25, 0.3) is 0 Å². The van der Waals surface area contributed by atoms with E-state index < -0.39 is 0 Å². The number of hydrogen-bond acceptors (Lipinski definition) is 3. The van der Waals surface area contributed by atoms with E-state index in [4.69, 9.17) is 10.8 Å². The maximum absolute atomic E-state index is 8.80. The number of rotatable bonds is 4. The third-order valence-electron chi connectivity index (χ3n) is 2.74. The van der Waals surface area contributed by atoms with Crippen molar-refractivity contribution in [3.8, 4) is 0 Å². The Balaban J connectivity index is 2.36. The molecule has 0 unspecified atom stereocenters. The van der Waals surface area contributed by atoms with Crippen LogP contribution in [-0.2, 0) is 0 Å². The molecule has 0 spiro atoms. The molecule has 0 aliphatic rings. The highest BCUT2D eigenvalue weighted by Crippen LogP contribution is 2.23. The van der Waals surface area contributed by atoms with E-state index in [1.54, 1.807) is 6.20 Å². The Kier molecular flexibility index (Phi) is 3.49. The molecule has 0 saturated carbocycles. The molecule has 1 heterocycles. The van der Waals surface area contributed by atoms with Crippen LogP contribution >= 0.6 is 0 Å². The van der Waals surface area contributed by atoms with Gasteiger partial charge in [0.2, 0.25) is 0 Å². The van der Waals surface area contributed by atoms with E-state index in [1.165, 1.54) is 0 Å². The van der Waals surface area contributed by atoms with Crippen LogP contribution in [0.15, 0.2) is 36.5 Å². The van der Waals surface area contributed by atoms with E-state index in [-0.39, 0.29) is 12.6 Å². The van der Waals surface area contributed by atoms with Gasteiger partial charge in [0.15, 0.2) is 0 Å². The topological polar surface area (TPSA) is 59.1 Å². The number of aliphatic hydroxyl groups is 1. The third-order valence-corrected chi connectivity index (χ3v) is 2.74. The maximum Gasteiger partial charge on any atom is 0.0749 e. The second-order valence-electron chi connectivity index (χ2n) is 3.89. The number of aromatic nitrogens is 1. The summed E-state index contributed by atoms with van der Waals surface area (Å²) in [6.07, 6.45) is 3.29. The summed E-state index contributed by atoms with van der Waals surface area (Å²) in [7, 11) is 0. The molecule has 84 valence electrons. The van der Waals surface area contributed by atoms with Crippen molar-refractivity contribution in [2.75, 3.05) is 6.61 Å². The lowest BCUT2D eigenvalue weighted by molar-refractivity contribution is 0.280. The predicted octanol–water partition coefficient (Wildman–Crippen LogP) is 2.01. The van der Waals surface area contributed by atoms with Gasteiger partial charge in [-0.25, -0.2) is 0 Å². The van der Waals surface area contributed by atoms with Gasteiger partial charge >= 0.3 is 0 Å². The molecule has 3 heteroatoms. The molecule has 0 aliphatic carbocycles. The van der Waals surface area contributed by atoms with Crippen molar-refractivity contribution in [3.05, 3.63) is 42.1 Å². The van der Waals surface area contributed by atoms with Crippen LogP contribution in [0.25, 0.3) is 10.9 Å². The molecule has 1 aromatic carbocycles. The van der Waals surface area contributed by atoms with Gasteiger partial charge in [0.05, 0.1) is 5.52 Å². The zero-order valence-corrected chi connectivity index (χ0v) is 9.13. The summed E-state index contributed by atoms with van der Waals surface area (Å²) in [5.74, 6) is 0. The summed E-state index contributed by atoms with van der Waals surface area (Å²) in [6, 6.07) is 9.95.